The molecule has 0 amide bonds. The van der Waals surface area contributed by atoms with Crippen LogP contribution in [-0.4, -0.2) is 33.9 Å². The zero-order valence-corrected chi connectivity index (χ0v) is 21.4. The first-order valence-electron chi connectivity index (χ1n) is 11.0. The Hall–Kier alpha value is -2.99. The summed E-state index contributed by atoms with van der Waals surface area (Å²) < 4.78 is 5.79. The van der Waals surface area contributed by atoms with Gasteiger partial charge in [-0.05, 0) is 0 Å². The zero-order chi connectivity index (χ0) is 22.0. The second-order valence-corrected chi connectivity index (χ2v) is 12.5. The van der Waals surface area contributed by atoms with Gasteiger partial charge in [-0.1, -0.05) is 0 Å². The van der Waals surface area contributed by atoms with Gasteiger partial charge in [0.05, 0.1) is 0 Å². The van der Waals surface area contributed by atoms with E-state index in [2.05, 4.69) is 127 Å². The number of hydrogen-bond donors (Lipinski definition) is 0. The molecule has 0 unspecified atom stereocenters. The quantitative estimate of drug-likeness (QED) is 0.311. The van der Waals surface area contributed by atoms with Crippen LogP contribution in [0, 0.1) is 0 Å². The first-order valence-corrected chi connectivity index (χ1v) is 14.5. The molecule has 0 atom stereocenters. The monoisotopic (exact) mass is 553 g/mol. The summed E-state index contributed by atoms with van der Waals surface area (Å²) in [5, 5.41) is 0. The molecule has 2 aliphatic rings. The van der Waals surface area contributed by atoms with Crippen LogP contribution >= 0.6 is 0 Å². The van der Waals surface area contributed by atoms with Gasteiger partial charge in [-0.3, -0.25) is 0 Å². The molecule has 0 aromatic heterocycles. The van der Waals surface area contributed by atoms with Crippen molar-refractivity contribution in [3.63, 3.8) is 0 Å². The van der Waals surface area contributed by atoms with E-state index in [1.54, 1.807) is 0 Å². The van der Waals surface area contributed by atoms with Crippen LogP contribution < -0.4 is 8.92 Å². The summed E-state index contributed by atoms with van der Waals surface area (Å²) in [6.45, 7) is 0. The third kappa shape index (κ3) is 4.20. The number of hydrogen-bond acceptors (Lipinski definition) is 0. The van der Waals surface area contributed by atoms with Crippen LogP contribution in [0.25, 0.3) is 15.6 Å². The van der Waals surface area contributed by atoms with Crippen molar-refractivity contribution >= 4 is 58.4 Å². The van der Waals surface area contributed by atoms with Crippen LogP contribution in [0.5, 0.6) is 0 Å². The Morgan fingerprint density at radius 1 is 0.515 bits per heavy atom. The standard InChI is InChI=1S/C31H21Se2/c1-3-11-22(12-4-1)30-20-24(26-15-7-9-17-28(26)32-30)19-25-21-31(23-13-5-2-6-14-23)33-29-18-10-8-16-27(25)29/h1-21H/b24-19+. The molecule has 0 N–H and O–H groups in total. The molecule has 6 rings (SSSR count). The SMILES string of the molecule is C1=C(c2ccccc2)[Se]c2ccccc2/C1=C/C1=CC(c2ccccc2)=[Se]c2ccccc21. The zero-order valence-electron chi connectivity index (χ0n) is 17.9. The molecule has 0 saturated carbocycles. The molecule has 1 radical (unpaired) electrons. The molecule has 0 saturated heterocycles. The number of rotatable bonds is 3. The summed E-state index contributed by atoms with van der Waals surface area (Å²) in [6, 6.07) is 39.5. The van der Waals surface area contributed by atoms with E-state index < -0.39 is 0 Å². The second-order valence-electron chi connectivity index (χ2n) is 8.00. The Balaban J connectivity index is 1.53. The van der Waals surface area contributed by atoms with Crippen molar-refractivity contribution in [2.24, 2.45) is 0 Å². The third-order valence-corrected chi connectivity index (χ3v) is 10.7. The van der Waals surface area contributed by atoms with Crippen molar-refractivity contribution in [3.8, 4) is 0 Å². The van der Waals surface area contributed by atoms with Crippen LogP contribution in [0.3, 0.4) is 0 Å². The summed E-state index contributed by atoms with van der Waals surface area (Å²) >= 11 is 0.608. The Morgan fingerprint density at radius 3 is 1.88 bits per heavy atom. The maximum atomic E-state index is 2.42. The van der Waals surface area contributed by atoms with E-state index in [4.69, 9.17) is 0 Å². The topological polar surface area (TPSA) is 0 Å². The number of fused-ring (bicyclic) bond motifs is 2. The molecular weight excluding hydrogens is 530 g/mol. The van der Waals surface area contributed by atoms with E-state index in [0.29, 0.717) is 29.5 Å². The molecule has 33 heavy (non-hydrogen) atoms. The average Bonchev–Trinajstić information content (AvgIpc) is 2.89. The summed E-state index contributed by atoms with van der Waals surface area (Å²) in [7, 11) is 0. The average molecular weight is 551 g/mol. The van der Waals surface area contributed by atoms with Crippen molar-refractivity contribution in [1.82, 2.24) is 0 Å². The van der Waals surface area contributed by atoms with Gasteiger partial charge in [0.1, 0.15) is 0 Å². The molecule has 0 fully saturated rings. The van der Waals surface area contributed by atoms with Gasteiger partial charge < -0.3 is 0 Å². The normalized spacial score (nSPS) is 15.8. The Kier molecular flexibility index (Phi) is 5.68. The Labute approximate surface area is 207 Å². The summed E-state index contributed by atoms with van der Waals surface area (Å²) in [4.78, 5) is 0. The van der Waals surface area contributed by atoms with E-state index >= 15 is 0 Å². The second kappa shape index (κ2) is 9.10. The van der Waals surface area contributed by atoms with Crippen LogP contribution in [-0.2, 0) is 0 Å². The van der Waals surface area contributed by atoms with Gasteiger partial charge in [-0.25, -0.2) is 0 Å². The van der Waals surface area contributed by atoms with Crippen molar-refractivity contribution in [2.45, 2.75) is 0 Å². The molecule has 2 aliphatic heterocycles. The van der Waals surface area contributed by atoms with Gasteiger partial charge in [0.2, 0.25) is 0 Å². The first-order chi connectivity index (χ1) is 16.3. The minimum absolute atomic E-state index is 0.304. The molecule has 2 heterocycles. The van der Waals surface area contributed by atoms with Gasteiger partial charge in [0, 0.05) is 0 Å². The summed E-state index contributed by atoms with van der Waals surface area (Å²) in [5.74, 6) is 0. The first kappa shape index (κ1) is 20.6. The molecular formula is C31H21Se2. The van der Waals surface area contributed by atoms with E-state index in [1.165, 1.54) is 51.2 Å². The van der Waals surface area contributed by atoms with E-state index in [1.807, 2.05) is 0 Å². The van der Waals surface area contributed by atoms with Gasteiger partial charge in [-0.15, -0.1) is 0 Å². The molecule has 4 aromatic carbocycles. The molecule has 4 aromatic rings. The predicted octanol–water partition coefficient (Wildman–Crippen LogP) is 5.10. The molecule has 157 valence electrons. The molecule has 0 nitrogen and oxygen atoms in total. The van der Waals surface area contributed by atoms with Gasteiger partial charge in [0.15, 0.2) is 0 Å². The minimum atomic E-state index is 0.304. The van der Waals surface area contributed by atoms with Crippen LogP contribution in [0.15, 0.2) is 127 Å². The van der Waals surface area contributed by atoms with Crippen LogP contribution in [0.1, 0.15) is 22.3 Å². The maximum absolute atomic E-state index is 2.42. The number of benzene rings is 4. The van der Waals surface area contributed by atoms with E-state index in [9.17, 15) is 0 Å². The molecule has 0 aliphatic carbocycles. The fourth-order valence-corrected chi connectivity index (χ4v) is 8.91. The number of allylic oxidation sites excluding steroid dienone is 5. The summed E-state index contributed by atoms with van der Waals surface area (Å²) in [6.07, 6.45) is 7.25. The van der Waals surface area contributed by atoms with Crippen molar-refractivity contribution in [2.75, 3.05) is 0 Å². The third-order valence-electron chi connectivity index (χ3n) is 5.84. The molecule has 0 bridgehead atoms. The van der Waals surface area contributed by atoms with Gasteiger partial charge >= 0.3 is 208 Å². The Morgan fingerprint density at radius 2 is 1.12 bits per heavy atom. The van der Waals surface area contributed by atoms with E-state index in [-0.39, 0.29) is 0 Å². The van der Waals surface area contributed by atoms with Gasteiger partial charge in [-0.2, -0.15) is 0 Å². The van der Waals surface area contributed by atoms with Crippen LogP contribution in [0.2, 0.25) is 0 Å². The molecule has 0 spiro atoms. The predicted molar refractivity (Wildman–Crippen MR) is 145 cm³/mol. The summed E-state index contributed by atoms with van der Waals surface area (Å²) in [5.41, 5.74) is 8.01. The van der Waals surface area contributed by atoms with Crippen molar-refractivity contribution in [3.05, 3.63) is 150 Å². The fourth-order valence-electron chi connectivity index (χ4n) is 4.22. The van der Waals surface area contributed by atoms with E-state index in [0.717, 1.165) is 0 Å². The van der Waals surface area contributed by atoms with Crippen molar-refractivity contribution < 1.29 is 0 Å². The van der Waals surface area contributed by atoms with Gasteiger partial charge in [0.25, 0.3) is 0 Å². The van der Waals surface area contributed by atoms with Crippen LogP contribution in [0.4, 0.5) is 0 Å². The Bertz CT molecular complexity index is 1460. The molecule has 2 heteroatoms. The fraction of sp³-hybridized carbons (Fsp3) is 0. The van der Waals surface area contributed by atoms with Crippen molar-refractivity contribution in [1.29, 1.82) is 0 Å².